The van der Waals surface area contributed by atoms with Crippen LogP contribution in [0.1, 0.15) is 30.9 Å². The number of alkyl halides is 3. The number of benzene rings is 2. The van der Waals surface area contributed by atoms with Crippen LogP contribution in [0.4, 0.5) is 24.5 Å². The second-order valence-corrected chi connectivity index (χ2v) is 6.09. The van der Waals surface area contributed by atoms with Crippen molar-refractivity contribution in [2.75, 3.05) is 10.6 Å². The van der Waals surface area contributed by atoms with Gasteiger partial charge in [-0.2, -0.15) is 18.4 Å². The molecule has 2 rings (SSSR count). The molecule has 0 bridgehead atoms. The second-order valence-electron chi connectivity index (χ2n) is 6.09. The number of halogens is 3. The van der Waals surface area contributed by atoms with Gasteiger partial charge in [0.15, 0.2) is 0 Å². The molecule has 0 saturated carbocycles. The summed E-state index contributed by atoms with van der Waals surface area (Å²) in [6.45, 7) is 4.02. The maximum atomic E-state index is 12.8. The average molecular weight is 373 g/mol. The zero-order chi connectivity index (χ0) is 20.0. The number of anilines is 2. The largest absolute Gasteiger partial charge is 0.416 e. The number of rotatable bonds is 5. The molecule has 0 aromatic heterocycles. The molecule has 0 saturated heterocycles. The Bertz CT molecular complexity index is 896. The molecular formula is C20H18F3N3O. The number of hydrogen-bond donors (Lipinski definition) is 2. The van der Waals surface area contributed by atoms with Crippen molar-refractivity contribution in [3.63, 3.8) is 0 Å². The van der Waals surface area contributed by atoms with Crippen molar-refractivity contribution in [3.8, 4) is 6.07 Å². The summed E-state index contributed by atoms with van der Waals surface area (Å²) in [6.07, 6.45) is -3.28. The van der Waals surface area contributed by atoms with Gasteiger partial charge in [-0.1, -0.05) is 38.1 Å². The number of nitriles is 1. The van der Waals surface area contributed by atoms with Gasteiger partial charge in [-0.05, 0) is 35.7 Å². The maximum absolute atomic E-state index is 12.8. The summed E-state index contributed by atoms with van der Waals surface area (Å²) in [5.41, 5.74) is 0.563. The SMILES string of the molecule is CC(C)c1ccccc1N/C=C(/C#N)C(=O)Nc1cccc(C(F)(F)F)c1. The molecule has 0 radical (unpaired) electrons. The Hall–Kier alpha value is -3.27. The topological polar surface area (TPSA) is 64.9 Å². The summed E-state index contributed by atoms with van der Waals surface area (Å²) in [5.74, 6) is -0.571. The quantitative estimate of drug-likeness (QED) is 0.553. The Morgan fingerprint density at radius 2 is 1.85 bits per heavy atom. The van der Waals surface area contributed by atoms with Crippen LogP contribution in [0.15, 0.2) is 60.3 Å². The summed E-state index contributed by atoms with van der Waals surface area (Å²) in [5, 5.41) is 14.4. The van der Waals surface area contributed by atoms with E-state index in [-0.39, 0.29) is 17.2 Å². The van der Waals surface area contributed by atoms with Crippen molar-refractivity contribution >= 4 is 17.3 Å². The fraction of sp³-hybridized carbons (Fsp3) is 0.200. The molecule has 2 aromatic rings. The maximum Gasteiger partial charge on any atom is 0.416 e. The van der Waals surface area contributed by atoms with E-state index in [0.717, 1.165) is 23.4 Å². The van der Waals surface area contributed by atoms with Gasteiger partial charge in [0.2, 0.25) is 0 Å². The predicted octanol–water partition coefficient (Wildman–Crippen LogP) is 5.29. The fourth-order valence-electron chi connectivity index (χ4n) is 2.40. The standard InChI is InChI=1S/C20H18F3N3O/c1-13(2)17-8-3-4-9-18(17)25-12-14(11-24)19(27)26-16-7-5-6-15(10-16)20(21,22)23/h3-10,12-13,25H,1-2H3,(H,26,27)/b14-12-. The molecule has 0 aliphatic rings. The number of hydrogen-bond acceptors (Lipinski definition) is 3. The van der Waals surface area contributed by atoms with Gasteiger partial charge < -0.3 is 10.6 Å². The first-order valence-corrected chi connectivity index (χ1v) is 8.16. The van der Waals surface area contributed by atoms with E-state index in [1.165, 1.54) is 18.3 Å². The molecule has 2 aromatic carbocycles. The Morgan fingerprint density at radius 1 is 1.15 bits per heavy atom. The second kappa shape index (κ2) is 8.41. The molecule has 0 aliphatic heterocycles. The van der Waals surface area contributed by atoms with E-state index in [1.54, 1.807) is 6.07 Å². The molecule has 1 amide bonds. The molecule has 0 aliphatic carbocycles. The van der Waals surface area contributed by atoms with E-state index < -0.39 is 17.6 Å². The smallest absolute Gasteiger partial charge is 0.360 e. The predicted molar refractivity (Wildman–Crippen MR) is 97.9 cm³/mol. The van der Waals surface area contributed by atoms with Gasteiger partial charge in [0.05, 0.1) is 5.56 Å². The van der Waals surface area contributed by atoms with Crippen molar-refractivity contribution < 1.29 is 18.0 Å². The first-order chi connectivity index (χ1) is 12.7. The fourth-order valence-corrected chi connectivity index (χ4v) is 2.40. The number of nitrogens with one attached hydrogen (secondary N) is 2. The summed E-state index contributed by atoms with van der Waals surface area (Å²) >= 11 is 0. The summed E-state index contributed by atoms with van der Waals surface area (Å²) in [4.78, 5) is 12.2. The summed E-state index contributed by atoms with van der Waals surface area (Å²) in [7, 11) is 0. The highest BCUT2D eigenvalue weighted by Gasteiger charge is 2.30. The van der Waals surface area contributed by atoms with Gasteiger partial charge in [-0.3, -0.25) is 4.79 Å². The van der Waals surface area contributed by atoms with Crippen LogP contribution in [0.2, 0.25) is 0 Å². The highest BCUT2D eigenvalue weighted by molar-refractivity contribution is 6.06. The van der Waals surface area contributed by atoms with Gasteiger partial charge in [0.25, 0.3) is 5.91 Å². The molecule has 0 spiro atoms. The van der Waals surface area contributed by atoms with Gasteiger partial charge in [-0.15, -0.1) is 0 Å². The lowest BCUT2D eigenvalue weighted by Gasteiger charge is -2.12. The van der Waals surface area contributed by atoms with Crippen molar-refractivity contribution in [3.05, 3.63) is 71.4 Å². The van der Waals surface area contributed by atoms with Gasteiger partial charge >= 0.3 is 6.18 Å². The van der Waals surface area contributed by atoms with Crippen LogP contribution in [0.3, 0.4) is 0 Å². The van der Waals surface area contributed by atoms with E-state index in [0.29, 0.717) is 0 Å². The Morgan fingerprint density at radius 3 is 2.48 bits per heavy atom. The first kappa shape index (κ1) is 20.0. The summed E-state index contributed by atoms with van der Waals surface area (Å²) in [6, 6.07) is 13.4. The van der Waals surface area contributed by atoms with Crippen molar-refractivity contribution in [2.24, 2.45) is 0 Å². The minimum Gasteiger partial charge on any atom is -0.360 e. The molecule has 0 atom stereocenters. The molecular weight excluding hydrogens is 355 g/mol. The first-order valence-electron chi connectivity index (χ1n) is 8.16. The van der Waals surface area contributed by atoms with Crippen LogP contribution >= 0.6 is 0 Å². The highest BCUT2D eigenvalue weighted by Crippen LogP contribution is 2.30. The van der Waals surface area contributed by atoms with E-state index in [4.69, 9.17) is 0 Å². The minimum atomic E-state index is -4.52. The van der Waals surface area contributed by atoms with Crippen LogP contribution in [-0.4, -0.2) is 5.91 Å². The van der Waals surface area contributed by atoms with E-state index in [9.17, 15) is 23.2 Å². The Labute approximate surface area is 155 Å². The lowest BCUT2D eigenvalue weighted by Crippen LogP contribution is -2.15. The lowest BCUT2D eigenvalue weighted by atomic mass is 10.0. The zero-order valence-corrected chi connectivity index (χ0v) is 14.8. The van der Waals surface area contributed by atoms with Crippen LogP contribution < -0.4 is 10.6 Å². The molecule has 0 unspecified atom stereocenters. The van der Waals surface area contributed by atoms with Crippen LogP contribution in [0.5, 0.6) is 0 Å². The Balaban J connectivity index is 2.17. The van der Waals surface area contributed by atoms with Crippen molar-refractivity contribution in [1.82, 2.24) is 0 Å². The van der Waals surface area contributed by atoms with Crippen LogP contribution in [0, 0.1) is 11.3 Å². The van der Waals surface area contributed by atoms with Gasteiger partial charge in [-0.25, -0.2) is 0 Å². The molecule has 140 valence electrons. The van der Waals surface area contributed by atoms with Crippen LogP contribution in [0.25, 0.3) is 0 Å². The zero-order valence-electron chi connectivity index (χ0n) is 14.8. The number of para-hydroxylation sites is 1. The van der Waals surface area contributed by atoms with E-state index in [2.05, 4.69) is 10.6 Å². The van der Waals surface area contributed by atoms with Crippen molar-refractivity contribution in [1.29, 1.82) is 5.26 Å². The van der Waals surface area contributed by atoms with Gasteiger partial charge in [0.1, 0.15) is 11.6 Å². The number of nitrogens with zero attached hydrogens (tertiary/aromatic N) is 1. The normalized spacial score (nSPS) is 11.8. The number of amides is 1. The molecule has 2 N–H and O–H groups in total. The van der Waals surface area contributed by atoms with E-state index >= 15 is 0 Å². The Kier molecular flexibility index (Phi) is 6.24. The number of carbonyl (C=O) groups is 1. The molecule has 4 nitrogen and oxygen atoms in total. The van der Waals surface area contributed by atoms with E-state index in [1.807, 2.05) is 38.1 Å². The molecule has 7 heteroatoms. The lowest BCUT2D eigenvalue weighted by molar-refractivity contribution is -0.137. The number of carbonyl (C=O) groups excluding carboxylic acids is 1. The minimum absolute atomic E-state index is 0.0430. The third-order valence-corrected chi connectivity index (χ3v) is 3.77. The average Bonchev–Trinajstić information content (AvgIpc) is 2.62. The molecule has 27 heavy (non-hydrogen) atoms. The highest BCUT2D eigenvalue weighted by atomic mass is 19.4. The van der Waals surface area contributed by atoms with Crippen LogP contribution in [-0.2, 0) is 11.0 Å². The summed E-state index contributed by atoms with van der Waals surface area (Å²) < 4.78 is 38.3. The molecule has 0 fully saturated rings. The van der Waals surface area contributed by atoms with Crippen molar-refractivity contribution in [2.45, 2.75) is 25.9 Å². The van der Waals surface area contributed by atoms with Gasteiger partial charge in [0, 0.05) is 17.6 Å². The third-order valence-electron chi connectivity index (χ3n) is 3.77. The third kappa shape index (κ3) is 5.35. The monoisotopic (exact) mass is 373 g/mol. The molecule has 0 heterocycles.